The Balaban J connectivity index is 3.09. The van der Waals surface area contributed by atoms with Crippen LogP contribution in [0.2, 0.25) is 0 Å². The van der Waals surface area contributed by atoms with Crippen molar-refractivity contribution in [1.82, 2.24) is 5.32 Å². The molecule has 0 spiro atoms. The van der Waals surface area contributed by atoms with Crippen molar-refractivity contribution < 1.29 is 4.79 Å². The van der Waals surface area contributed by atoms with Gasteiger partial charge in [-0.15, -0.1) is 0 Å². The van der Waals surface area contributed by atoms with Crippen LogP contribution in [0.1, 0.15) is 89.6 Å². The molecule has 184 valence electrons. The normalized spacial score (nSPS) is 13.9. The predicted molar refractivity (Wildman–Crippen MR) is 153 cm³/mol. The maximum atomic E-state index is 13.1. The number of nitrogens with one attached hydrogen (secondary N) is 1. The maximum Gasteiger partial charge on any atom is 0.256 e. The molecule has 0 bridgehead atoms. The average Bonchev–Trinajstić information content (AvgIpc) is 2.81. The number of rotatable bonds is 13. The Morgan fingerprint density at radius 1 is 1.09 bits per heavy atom. The summed E-state index contributed by atoms with van der Waals surface area (Å²) < 4.78 is 0. The fraction of sp³-hybridized carbons (Fsp3) is 0.400. The van der Waals surface area contributed by atoms with Crippen molar-refractivity contribution in [2.24, 2.45) is 4.99 Å². The third kappa shape index (κ3) is 11.0. The number of amides is 1. The molecule has 0 aliphatic carbocycles. The number of hydrogen-bond acceptors (Lipinski definition) is 3. The van der Waals surface area contributed by atoms with Crippen molar-refractivity contribution in [3.63, 3.8) is 0 Å². The molecule has 0 radical (unpaired) electrons. The minimum Gasteiger partial charge on any atom is -0.317 e. The predicted octanol–water partition coefficient (Wildman–Crippen LogP) is 9.36. The first-order valence-electron chi connectivity index (χ1n) is 12.4. The molecular formula is C30H42N2OS. The van der Waals surface area contributed by atoms with Gasteiger partial charge in [-0.2, -0.15) is 0 Å². The van der Waals surface area contributed by atoms with Crippen LogP contribution in [0.4, 0.5) is 5.69 Å². The smallest absolute Gasteiger partial charge is 0.256 e. The lowest BCUT2D eigenvalue weighted by Crippen LogP contribution is -2.21. The van der Waals surface area contributed by atoms with Crippen molar-refractivity contribution in [3.8, 4) is 0 Å². The van der Waals surface area contributed by atoms with Crippen molar-refractivity contribution in [2.45, 2.75) is 80.6 Å². The molecule has 1 aromatic rings. The molecule has 3 nitrogen and oxygen atoms in total. The molecule has 0 aliphatic rings. The van der Waals surface area contributed by atoms with Gasteiger partial charge < -0.3 is 5.32 Å². The number of carbonyl (C=O) groups excluding carboxylic acids is 1. The Bertz CT molecular complexity index is 978. The van der Waals surface area contributed by atoms with Gasteiger partial charge in [0.2, 0.25) is 0 Å². The number of hydrogen-bond donors (Lipinski definition) is 1. The first-order valence-corrected chi connectivity index (χ1v) is 13.2. The number of aryl methyl sites for hydroxylation is 1. The summed E-state index contributed by atoms with van der Waals surface area (Å²) >= 11 is 1.56. The highest BCUT2D eigenvalue weighted by molar-refractivity contribution is 8.05. The summed E-state index contributed by atoms with van der Waals surface area (Å²) in [5.41, 5.74) is 6.01. The Morgan fingerprint density at radius 2 is 1.85 bits per heavy atom. The van der Waals surface area contributed by atoms with Crippen LogP contribution in [0, 0.1) is 6.92 Å². The van der Waals surface area contributed by atoms with E-state index >= 15 is 0 Å². The molecule has 1 amide bonds. The van der Waals surface area contributed by atoms with E-state index in [0.717, 1.165) is 54.1 Å². The highest BCUT2D eigenvalue weighted by Crippen LogP contribution is 2.24. The standard InChI is InChI=1S/C30H42N2OS/c1-8-12-14-17-26(16-11-4)24(6)22-34-29(18-13-9-2)32-30(33)27-20-19-23(5)28(21-27)31-25(7)15-10-3/h8,12,14,16-22H,9-11,13,15H2,1-7H3,(H,32,33)/b12-8-,17-14+,24-22+,26-16+,29-18+,31-25-. The highest BCUT2D eigenvalue weighted by Gasteiger charge is 2.10. The Morgan fingerprint density at radius 3 is 2.50 bits per heavy atom. The minimum absolute atomic E-state index is 0.109. The van der Waals surface area contributed by atoms with Crippen LogP contribution in [-0.4, -0.2) is 11.6 Å². The van der Waals surface area contributed by atoms with Gasteiger partial charge >= 0.3 is 0 Å². The van der Waals surface area contributed by atoms with Gasteiger partial charge in [0.1, 0.15) is 0 Å². The zero-order chi connectivity index (χ0) is 25.3. The van der Waals surface area contributed by atoms with Gasteiger partial charge in [0, 0.05) is 11.3 Å². The second-order valence-corrected chi connectivity index (χ2v) is 9.19. The van der Waals surface area contributed by atoms with Gasteiger partial charge in [0.15, 0.2) is 0 Å². The lowest BCUT2D eigenvalue weighted by molar-refractivity contribution is 0.0968. The van der Waals surface area contributed by atoms with Crippen LogP contribution in [0.25, 0.3) is 0 Å². The number of nitrogens with zero attached hydrogens (tertiary/aromatic N) is 1. The first kappa shape index (κ1) is 29.4. The third-order valence-electron chi connectivity index (χ3n) is 5.07. The van der Waals surface area contributed by atoms with E-state index in [2.05, 4.69) is 62.7 Å². The topological polar surface area (TPSA) is 41.5 Å². The molecule has 1 N–H and O–H groups in total. The van der Waals surface area contributed by atoms with Crippen LogP contribution in [0.5, 0.6) is 0 Å². The summed E-state index contributed by atoms with van der Waals surface area (Å²) in [6.45, 7) is 14.6. The summed E-state index contributed by atoms with van der Waals surface area (Å²) in [6.07, 6.45) is 17.5. The fourth-order valence-corrected chi connectivity index (χ4v) is 3.96. The van der Waals surface area contributed by atoms with Crippen LogP contribution in [0.15, 0.2) is 81.2 Å². The van der Waals surface area contributed by atoms with Crippen LogP contribution < -0.4 is 5.32 Å². The highest BCUT2D eigenvalue weighted by atomic mass is 32.2. The molecular weight excluding hydrogens is 436 g/mol. The minimum atomic E-state index is -0.109. The second kappa shape index (κ2) is 16.9. The number of carbonyl (C=O) groups is 1. The lowest BCUT2D eigenvalue weighted by Gasteiger charge is -2.11. The largest absolute Gasteiger partial charge is 0.317 e. The van der Waals surface area contributed by atoms with E-state index in [0.29, 0.717) is 5.56 Å². The Kier molecular flexibility index (Phi) is 14.7. The zero-order valence-corrected chi connectivity index (χ0v) is 22.9. The molecule has 0 saturated carbocycles. The number of unbranched alkanes of at least 4 members (excludes halogenated alkanes) is 1. The first-order chi connectivity index (χ1) is 16.4. The quantitative estimate of drug-likeness (QED) is 0.227. The summed E-state index contributed by atoms with van der Waals surface area (Å²) in [4.78, 5) is 17.8. The summed E-state index contributed by atoms with van der Waals surface area (Å²) in [5, 5.41) is 6.08. The molecule has 0 unspecified atom stereocenters. The fourth-order valence-electron chi connectivity index (χ4n) is 3.15. The SMILES string of the molecule is C\C=C/C=C/C(=C\CC)C(/C)=C/S/C(=C/CCC)NC(=O)c1ccc(C)c(/N=C(/C)CCC)c1. The molecule has 4 heteroatoms. The van der Waals surface area contributed by atoms with E-state index in [1.807, 2.05) is 51.1 Å². The molecule has 1 rings (SSSR count). The van der Waals surface area contributed by atoms with E-state index in [4.69, 9.17) is 4.99 Å². The van der Waals surface area contributed by atoms with E-state index < -0.39 is 0 Å². The van der Waals surface area contributed by atoms with E-state index in [1.54, 1.807) is 11.8 Å². The molecule has 34 heavy (non-hydrogen) atoms. The molecule has 0 saturated heterocycles. The van der Waals surface area contributed by atoms with Crippen molar-refractivity contribution in [2.75, 3.05) is 0 Å². The van der Waals surface area contributed by atoms with E-state index in [9.17, 15) is 4.79 Å². The van der Waals surface area contributed by atoms with E-state index in [1.165, 1.54) is 11.1 Å². The second-order valence-electron chi connectivity index (χ2n) is 8.28. The maximum absolute atomic E-state index is 13.1. The molecule has 0 heterocycles. The van der Waals surface area contributed by atoms with Crippen LogP contribution in [-0.2, 0) is 0 Å². The third-order valence-corrected chi connectivity index (χ3v) is 6.07. The van der Waals surface area contributed by atoms with Gasteiger partial charge in [-0.25, -0.2) is 0 Å². The summed E-state index contributed by atoms with van der Waals surface area (Å²) in [7, 11) is 0. The number of aliphatic imine (C=N–C) groups is 1. The number of benzene rings is 1. The van der Waals surface area contributed by atoms with Crippen LogP contribution >= 0.6 is 11.8 Å². The van der Waals surface area contributed by atoms with E-state index in [-0.39, 0.29) is 5.91 Å². The number of thioether (sulfide) groups is 1. The molecule has 0 atom stereocenters. The van der Waals surface area contributed by atoms with Gasteiger partial charge in [-0.05, 0) is 81.2 Å². The monoisotopic (exact) mass is 478 g/mol. The lowest BCUT2D eigenvalue weighted by atomic mass is 10.1. The molecule has 0 fully saturated rings. The summed E-state index contributed by atoms with van der Waals surface area (Å²) in [6, 6.07) is 5.73. The number of allylic oxidation sites excluding steroid dienone is 8. The Labute approximate surface area is 211 Å². The van der Waals surface area contributed by atoms with Crippen LogP contribution in [0.3, 0.4) is 0 Å². The van der Waals surface area contributed by atoms with Gasteiger partial charge in [-0.1, -0.05) is 87.9 Å². The van der Waals surface area contributed by atoms with Crippen molar-refractivity contribution in [1.29, 1.82) is 0 Å². The van der Waals surface area contributed by atoms with Gasteiger partial charge in [0.25, 0.3) is 5.91 Å². The molecule has 1 aromatic carbocycles. The van der Waals surface area contributed by atoms with Crippen molar-refractivity contribution in [3.05, 3.63) is 87.4 Å². The molecule has 0 aliphatic heterocycles. The Hall–Kier alpha value is -2.59. The molecule has 0 aromatic heterocycles. The average molecular weight is 479 g/mol. The zero-order valence-electron chi connectivity index (χ0n) is 22.1. The van der Waals surface area contributed by atoms with Gasteiger partial charge in [-0.3, -0.25) is 9.79 Å². The van der Waals surface area contributed by atoms with Gasteiger partial charge in [0.05, 0.1) is 10.7 Å². The summed E-state index contributed by atoms with van der Waals surface area (Å²) in [5.74, 6) is -0.109. The van der Waals surface area contributed by atoms with Crippen molar-refractivity contribution >= 4 is 29.1 Å².